The molecule has 0 bridgehead atoms. The third kappa shape index (κ3) is 3.98. The Kier molecular flexibility index (Phi) is 5.00. The van der Waals surface area contributed by atoms with Gasteiger partial charge in [-0.05, 0) is 49.2 Å². The van der Waals surface area contributed by atoms with E-state index in [-0.39, 0.29) is 0 Å². The summed E-state index contributed by atoms with van der Waals surface area (Å²) in [5, 5.41) is 1.82. The van der Waals surface area contributed by atoms with Crippen molar-refractivity contribution in [3.05, 3.63) is 90.0 Å². The smallest absolute Gasteiger partial charge is 0.220 e. The summed E-state index contributed by atoms with van der Waals surface area (Å²) in [6, 6.07) is 25.9. The van der Waals surface area contributed by atoms with E-state index in [9.17, 15) is 0 Å². The molecule has 0 amide bonds. The summed E-state index contributed by atoms with van der Waals surface area (Å²) in [6.07, 6.45) is 0. The van der Waals surface area contributed by atoms with Crippen LogP contribution in [0.4, 0.5) is 17.1 Å². The first-order valence-electron chi connectivity index (χ1n) is 8.22. The van der Waals surface area contributed by atoms with Gasteiger partial charge in [0.1, 0.15) is 0 Å². The predicted molar refractivity (Wildman–Crippen MR) is 106 cm³/mol. The zero-order chi connectivity index (χ0) is 17.6. The molecule has 0 saturated carbocycles. The first kappa shape index (κ1) is 16.6. The maximum atomic E-state index is 6.38. The largest absolute Gasteiger partial charge is 0.368 e. The van der Waals surface area contributed by atoms with Crippen LogP contribution in [-0.2, 0) is 0 Å². The van der Waals surface area contributed by atoms with E-state index in [1.54, 1.807) is 0 Å². The average Bonchev–Trinajstić information content (AvgIpc) is 2.63. The molecule has 25 heavy (non-hydrogen) atoms. The SMILES string of the molecule is Cc1ccccc1N=C(N)N(Nc1ccccc1)c1ccccc1C. The van der Waals surface area contributed by atoms with Crippen molar-refractivity contribution in [3.8, 4) is 0 Å². The lowest BCUT2D eigenvalue weighted by molar-refractivity contribution is 1.16. The first-order chi connectivity index (χ1) is 12.1. The standard InChI is InChI=1S/C21H22N4/c1-16-10-6-8-14-19(16)23-21(22)25(20-15-9-7-11-17(20)2)24-18-12-4-3-5-13-18/h3-15,24H,1-2H3,(H2,22,23). The van der Waals surface area contributed by atoms with Crippen LogP contribution < -0.4 is 16.2 Å². The number of guanidine groups is 1. The van der Waals surface area contributed by atoms with E-state index in [0.29, 0.717) is 5.96 Å². The van der Waals surface area contributed by atoms with Gasteiger partial charge in [-0.25, -0.2) is 10.0 Å². The number of anilines is 2. The second-order valence-electron chi connectivity index (χ2n) is 5.86. The molecule has 3 aromatic rings. The minimum absolute atomic E-state index is 0.382. The molecular weight excluding hydrogens is 308 g/mol. The van der Waals surface area contributed by atoms with Gasteiger partial charge in [0.05, 0.1) is 17.1 Å². The molecule has 0 aliphatic carbocycles. The molecule has 0 saturated heterocycles. The van der Waals surface area contributed by atoms with Crippen molar-refractivity contribution in [1.29, 1.82) is 0 Å². The fraction of sp³-hybridized carbons (Fsp3) is 0.0952. The average molecular weight is 330 g/mol. The van der Waals surface area contributed by atoms with Crippen LogP contribution >= 0.6 is 0 Å². The van der Waals surface area contributed by atoms with Gasteiger partial charge in [0.2, 0.25) is 5.96 Å². The van der Waals surface area contributed by atoms with E-state index in [1.807, 2.05) is 84.7 Å². The lowest BCUT2D eigenvalue weighted by Crippen LogP contribution is -2.42. The molecule has 0 unspecified atom stereocenters. The van der Waals surface area contributed by atoms with Gasteiger partial charge in [0.15, 0.2) is 0 Å². The zero-order valence-corrected chi connectivity index (χ0v) is 14.5. The van der Waals surface area contributed by atoms with Crippen molar-refractivity contribution in [1.82, 2.24) is 0 Å². The summed E-state index contributed by atoms with van der Waals surface area (Å²) in [5.74, 6) is 0.382. The topological polar surface area (TPSA) is 53.6 Å². The highest BCUT2D eigenvalue weighted by Gasteiger charge is 2.14. The van der Waals surface area contributed by atoms with E-state index in [4.69, 9.17) is 5.73 Å². The molecule has 0 spiro atoms. The Bertz CT molecular complexity index is 872. The van der Waals surface area contributed by atoms with E-state index < -0.39 is 0 Å². The molecule has 0 atom stereocenters. The van der Waals surface area contributed by atoms with Gasteiger partial charge in [-0.1, -0.05) is 54.6 Å². The van der Waals surface area contributed by atoms with Crippen molar-refractivity contribution in [2.24, 2.45) is 10.7 Å². The van der Waals surface area contributed by atoms with Crippen molar-refractivity contribution < 1.29 is 0 Å². The van der Waals surface area contributed by atoms with E-state index in [0.717, 1.165) is 28.2 Å². The number of aryl methyl sites for hydroxylation is 2. The Balaban J connectivity index is 2.01. The number of benzene rings is 3. The maximum absolute atomic E-state index is 6.38. The fourth-order valence-electron chi connectivity index (χ4n) is 2.56. The van der Waals surface area contributed by atoms with Gasteiger partial charge >= 0.3 is 0 Å². The number of hydrogen-bond acceptors (Lipinski definition) is 2. The van der Waals surface area contributed by atoms with Gasteiger partial charge in [0, 0.05) is 0 Å². The van der Waals surface area contributed by atoms with Gasteiger partial charge in [-0.15, -0.1) is 0 Å². The Labute approximate surface area is 148 Å². The Morgan fingerprint density at radius 2 is 1.40 bits per heavy atom. The van der Waals surface area contributed by atoms with Crippen molar-refractivity contribution >= 4 is 23.0 Å². The maximum Gasteiger partial charge on any atom is 0.220 e. The summed E-state index contributed by atoms with van der Waals surface area (Å²) in [7, 11) is 0. The molecule has 3 rings (SSSR count). The quantitative estimate of drug-likeness (QED) is 0.411. The first-order valence-corrected chi connectivity index (χ1v) is 8.22. The van der Waals surface area contributed by atoms with E-state index >= 15 is 0 Å². The number of nitrogens with two attached hydrogens (primary N) is 1. The summed E-state index contributed by atoms with van der Waals surface area (Å²) in [6.45, 7) is 4.07. The summed E-state index contributed by atoms with van der Waals surface area (Å²) < 4.78 is 0. The highest BCUT2D eigenvalue weighted by molar-refractivity contribution is 5.98. The molecule has 126 valence electrons. The molecule has 0 fully saturated rings. The zero-order valence-electron chi connectivity index (χ0n) is 14.5. The highest BCUT2D eigenvalue weighted by Crippen LogP contribution is 2.23. The molecule has 0 aliphatic heterocycles. The molecule has 0 aliphatic rings. The molecule has 3 N–H and O–H groups in total. The predicted octanol–water partition coefficient (Wildman–Crippen LogP) is 4.78. The van der Waals surface area contributed by atoms with Crippen LogP contribution in [0.5, 0.6) is 0 Å². The molecule has 0 aromatic heterocycles. The van der Waals surface area contributed by atoms with Gasteiger partial charge < -0.3 is 5.73 Å². The number of rotatable bonds is 4. The van der Waals surface area contributed by atoms with Crippen LogP contribution in [0.2, 0.25) is 0 Å². The van der Waals surface area contributed by atoms with Crippen molar-refractivity contribution in [2.75, 3.05) is 10.4 Å². The molecule has 4 heteroatoms. The number of nitrogens with zero attached hydrogens (tertiary/aromatic N) is 2. The Morgan fingerprint density at radius 3 is 2.08 bits per heavy atom. The second-order valence-corrected chi connectivity index (χ2v) is 5.86. The normalized spacial score (nSPS) is 11.2. The van der Waals surface area contributed by atoms with Gasteiger partial charge in [-0.3, -0.25) is 5.43 Å². The highest BCUT2D eigenvalue weighted by atomic mass is 15.6. The minimum Gasteiger partial charge on any atom is -0.368 e. The van der Waals surface area contributed by atoms with Crippen molar-refractivity contribution in [2.45, 2.75) is 13.8 Å². The third-order valence-corrected chi connectivity index (χ3v) is 3.95. The van der Waals surface area contributed by atoms with Crippen LogP contribution in [0.1, 0.15) is 11.1 Å². The molecule has 3 aromatic carbocycles. The number of para-hydroxylation sites is 3. The number of hydrogen-bond donors (Lipinski definition) is 2. The lowest BCUT2D eigenvalue weighted by Gasteiger charge is -2.27. The summed E-state index contributed by atoms with van der Waals surface area (Å²) in [4.78, 5) is 4.63. The molecular formula is C21H22N4. The van der Waals surface area contributed by atoms with Crippen LogP contribution in [0.3, 0.4) is 0 Å². The minimum atomic E-state index is 0.382. The van der Waals surface area contributed by atoms with Crippen LogP contribution in [0, 0.1) is 13.8 Å². The second kappa shape index (κ2) is 7.53. The molecule has 0 heterocycles. The van der Waals surface area contributed by atoms with E-state index in [1.165, 1.54) is 0 Å². The number of nitrogens with one attached hydrogen (secondary N) is 1. The van der Waals surface area contributed by atoms with E-state index in [2.05, 4.69) is 23.4 Å². The molecule has 0 radical (unpaired) electrons. The lowest BCUT2D eigenvalue weighted by atomic mass is 10.2. The number of aliphatic imine (C=N–C) groups is 1. The molecule has 4 nitrogen and oxygen atoms in total. The van der Waals surface area contributed by atoms with Gasteiger partial charge in [0.25, 0.3) is 0 Å². The van der Waals surface area contributed by atoms with Crippen molar-refractivity contribution in [3.63, 3.8) is 0 Å². The third-order valence-electron chi connectivity index (χ3n) is 3.95. The Hall–Kier alpha value is -3.27. The summed E-state index contributed by atoms with van der Waals surface area (Å²) >= 11 is 0. The monoisotopic (exact) mass is 330 g/mol. The number of hydrazine groups is 1. The summed E-state index contributed by atoms with van der Waals surface area (Å²) in [5.41, 5.74) is 14.7. The van der Waals surface area contributed by atoms with Crippen LogP contribution in [-0.4, -0.2) is 5.96 Å². The van der Waals surface area contributed by atoms with Crippen LogP contribution in [0.25, 0.3) is 0 Å². The Morgan fingerprint density at radius 1 is 0.800 bits per heavy atom. The fourth-order valence-corrected chi connectivity index (χ4v) is 2.56. The van der Waals surface area contributed by atoms with Crippen LogP contribution in [0.15, 0.2) is 83.9 Å². The van der Waals surface area contributed by atoms with Gasteiger partial charge in [-0.2, -0.15) is 0 Å².